The molecule has 2 saturated carbocycles. The zero-order chi connectivity index (χ0) is 16.2. The third-order valence-corrected chi connectivity index (χ3v) is 7.36. The second-order valence-corrected chi connectivity index (χ2v) is 7.96. The van der Waals surface area contributed by atoms with Crippen molar-refractivity contribution in [3.05, 3.63) is 29.3 Å². The van der Waals surface area contributed by atoms with Gasteiger partial charge in [0.25, 0.3) is 0 Å². The van der Waals surface area contributed by atoms with Crippen LogP contribution in [0.3, 0.4) is 0 Å². The van der Waals surface area contributed by atoms with E-state index in [2.05, 4.69) is 13.0 Å². The van der Waals surface area contributed by atoms with E-state index in [1.807, 2.05) is 6.07 Å². The molecule has 3 aliphatic carbocycles. The minimum absolute atomic E-state index is 0.148. The Morgan fingerprint density at radius 3 is 2.87 bits per heavy atom. The topological polar surface area (TPSA) is 54.4 Å². The lowest BCUT2D eigenvalue weighted by molar-refractivity contribution is -0.138. The summed E-state index contributed by atoms with van der Waals surface area (Å²) >= 11 is 0. The lowest BCUT2D eigenvalue weighted by Crippen LogP contribution is -2.51. The predicted molar refractivity (Wildman–Crippen MR) is 87.4 cm³/mol. The van der Waals surface area contributed by atoms with Crippen LogP contribution < -0.4 is 0 Å². The summed E-state index contributed by atoms with van der Waals surface area (Å²) in [4.78, 5) is 24.1. The lowest BCUT2D eigenvalue weighted by Gasteiger charge is -2.56. The molecule has 3 aliphatic rings. The number of fused-ring (bicyclic) bond motifs is 5. The van der Waals surface area contributed by atoms with E-state index >= 15 is 0 Å². The number of aromatic hydroxyl groups is 1. The highest BCUT2D eigenvalue weighted by Gasteiger charge is 2.64. The van der Waals surface area contributed by atoms with Crippen LogP contribution in [-0.2, 0) is 16.0 Å². The summed E-state index contributed by atoms with van der Waals surface area (Å²) in [6.07, 6.45) is 6.95. The second kappa shape index (κ2) is 4.93. The Hall–Kier alpha value is -1.64. The van der Waals surface area contributed by atoms with Gasteiger partial charge in [-0.15, -0.1) is 0 Å². The summed E-state index contributed by atoms with van der Waals surface area (Å²) in [6, 6.07) is 5.74. The number of carbonyl (C=O) groups excluding carboxylic acids is 2. The minimum Gasteiger partial charge on any atom is -0.508 e. The largest absolute Gasteiger partial charge is 0.508 e. The highest BCUT2D eigenvalue weighted by molar-refractivity contribution is 5.88. The van der Waals surface area contributed by atoms with Crippen LogP contribution in [0.5, 0.6) is 5.75 Å². The molecular weight excluding hydrogens is 288 g/mol. The van der Waals surface area contributed by atoms with Crippen LogP contribution in [0.25, 0.3) is 0 Å². The molecule has 2 unspecified atom stereocenters. The number of ketones is 1. The van der Waals surface area contributed by atoms with Crippen LogP contribution in [0.15, 0.2) is 18.2 Å². The van der Waals surface area contributed by atoms with E-state index in [1.54, 1.807) is 6.07 Å². The van der Waals surface area contributed by atoms with E-state index in [1.165, 1.54) is 11.1 Å². The third kappa shape index (κ3) is 1.82. The van der Waals surface area contributed by atoms with Gasteiger partial charge in [0.05, 0.1) is 0 Å². The highest BCUT2D eigenvalue weighted by Crippen LogP contribution is 2.68. The molecule has 0 bridgehead atoms. The average Bonchev–Trinajstić information content (AvgIpc) is 2.80. The van der Waals surface area contributed by atoms with Gasteiger partial charge in [0, 0.05) is 18.3 Å². The number of phenols is 1. The molecule has 1 aromatic carbocycles. The molecule has 3 nitrogen and oxygen atoms in total. The van der Waals surface area contributed by atoms with Gasteiger partial charge in [-0.1, -0.05) is 13.0 Å². The molecule has 0 spiro atoms. The Balaban J connectivity index is 1.81. The van der Waals surface area contributed by atoms with Gasteiger partial charge >= 0.3 is 0 Å². The molecule has 0 heterocycles. The molecule has 122 valence electrons. The van der Waals surface area contributed by atoms with Gasteiger partial charge in [0.1, 0.15) is 17.8 Å². The van der Waals surface area contributed by atoms with Crippen LogP contribution in [0.4, 0.5) is 0 Å². The normalized spacial score (nSPS) is 38.6. The van der Waals surface area contributed by atoms with Crippen LogP contribution in [-0.4, -0.2) is 17.2 Å². The van der Waals surface area contributed by atoms with Crippen molar-refractivity contribution in [1.82, 2.24) is 0 Å². The molecule has 4 atom stereocenters. The molecule has 23 heavy (non-hydrogen) atoms. The summed E-state index contributed by atoms with van der Waals surface area (Å²) in [7, 11) is 0. The van der Waals surface area contributed by atoms with Crippen LogP contribution >= 0.6 is 0 Å². The third-order valence-electron chi connectivity index (χ3n) is 7.36. The van der Waals surface area contributed by atoms with Crippen molar-refractivity contribution in [1.29, 1.82) is 0 Å². The van der Waals surface area contributed by atoms with Crippen molar-refractivity contribution in [3.8, 4) is 5.75 Å². The van der Waals surface area contributed by atoms with E-state index in [0.717, 1.165) is 38.4 Å². The monoisotopic (exact) mass is 312 g/mol. The van der Waals surface area contributed by atoms with Gasteiger partial charge in [-0.25, -0.2) is 0 Å². The number of carbonyl (C=O) groups is 2. The summed E-state index contributed by atoms with van der Waals surface area (Å²) in [5.41, 5.74) is 2.12. The Morgan fingerprint density at radius 2 is 2.09 bits per heavy atom. The Bertz CT molecular complexity index is 679. The SMILES string of the molecule is C[C@]12CCC3c4ccc(O)cc4CCC3[C@@]1(CC=O)CCC2=O. The van der Waals surface area contributed by atoms with Crippen molar-refractivity contribution in [2.45, 2.75) is 57.8 Å². The number of rotatable bonds is 2. The van der Waals surface area contributed by atoms with Crippen LogP contribution in [0.2, 0.25) is 0 Å². The first kappa shape index (κ1) is 14.9. The molecular formula is C20H24O3. The maximum atomic E-state index is 12.6. The van der Waals surface area contributed by atoms with Crippen molar-refractivity contribution in [2.24, 2.45) is 16.7 Å². The summed E-state index contributed by atoms with van der Waals surface area (Å²) in [6.45, 7) is 2.12. The summed E-state index contributed by atoms with van der Waals surface area (Å²) in [5.74, 6) is 1.55. The number of Topliss-reactive ketones (excluding diaryl/α,β-unsaturated/α-hetero) is 1. The van der Waals surface area contributed by atoms with Crippen molar-refractivity contribution >= 4 is 12.1 Å². The smallest absolute Gasteiger partial charge is 0.139 e. The minimum atomic E-state index is -0.316. The number of phenolic OH excluding ortho intramolecular Hbond substituents is 1. The van der Waals surface area contributed by atoms with Gasteiger partial charge < -0.3 is 9.90 Å². The fourth-order valence-corrected chi connectivity index (χ4v) is 6.14. The molecule has 0 aromatic heterocycles. The van der Waals surface area contributed by atoms with Crippen molar-refractivity contribution in [3.63, 3.8) is 0 Å². The molecule has 1 N–H and O–H groups in total. The zero-order valence-electron chi connectivity index (χ0n) is 13.7. The van der Waals surface area contributed by atoms with Gasteiger partial charge in [0.15, 0.2) is 0 Å². The zero-order valence-corrected chi connectivity index (χ0v) is 13.7. The Labute approximate surface area is 137 Å². The molecule has 3 heteroatoms. The van der Waals surface area contributed by atoms with Crippen molar-refractivity contribution in [2.75, 3.05) is 0 Å². The maximum Gasteiger partial charge on any atom is 0.139 e. The second-order valence-electron chi connectivity index (χ2n) is 7.96. The van der Waals surface area contributed by atoms with E-state index in [-0.39, 0.29) is 10.8 Å². The first-order chi connectivity index (χ1) is 11.0. The van der Waals surface area contributed by atoms with Gasteiger partial charge in [-0.05, 0) is 72.6 Å². The highest BCUT2D eigenvalue weighted by atomic mass is 16.3. The number of aryl methyl sites for hydroxylation is 1. The van der Waals surface area contributed by atoms with Crippen molar-refractivity contribution < 1.29 is 14.7 Å². The van der Waals surface area contributed by atoms with Gasteiger partial charge in [-0.2, -0.15) is 0 Å². The lowest BCUT2D eigenvalue weighted by atomic mass is 9.47. The number of hydrogen-bond donors (Lipinski definition) is 1. The fourth-order valence-electron chi connectivity index (χ4n) is 6.14. The number of aldehydes is 1. The molecule has 4 rings (SSSR count). The van der Waals surface area contributed by atoms with Crippen LogP contribution in [0, 0.1) is 16.7 Å². The summed E-state index contributed by atoms with van der Waals surface area (Å²) in [5, 5.41) is 9.75. The number of benzene rings is 1. The standard InChI is InChI=1S/C20H24O3/c1-19-8-6-16-15-4-3-14(22)12-13(15)2-5-17(16)20(19,10-11-21)9-7-18(19)23/h3-4,11-12,16-17,22H,2,5-10H2,1H3/t16?,17?,19-,20+/m1/s1. The first-order valence-electron chi connectivity index (χ1n) is 8.80. The predicted octanol–water partition coefficient (Wildman–Crippen LogP) is 3.78. The average molecular weight is 312 g/mol. The molecule has 0 amide bonds. The fraction of sp³-hybridized carbons (Fsp3) is 0.600. The molecule has 1 aromatic rings. The quantitative estimate of drug-likeness (QED) is 0.846. The molecule has 0 saturated heterocycles. The maximum absolute atomic E-state index is 12.6. The Kier molecular flexibility index (Phi) is 3.20. The molecule has 2 fully saturated rings. The van der Waals surface area contributed by atoms with Gasteiger partial charge in [0.2, 0.25) is 0 Å². The molecule has 0 radical (unpaired) electrons. The van der Waals surface area contributed by atoms with E-state index in [4.69, 9.17) is 0 Å². The van der Waals surface area contributed by atoms with E-state index in [9.17, 15) is 14.7 Å². The molecule has 0 aliphatic heterocycles. The number of hydrogen-bond acceptors (Lipinski definition) is 3. The first-order valence-corrected chi connectivity index (χ1v) is 8.80. The van der Waals surface area contributed by atoms with E-state index in [0.29, 0.717) is 36.2 Å². The van der Waals surface area contributed by atoms with Gasteiger partial charge in [-0.3, -0.25) is 4.79 Å². The van der Waals surface area contributed by atoms with E-state index < -0.39 is 0 Å². The Morgan fingerprint density at radius 1 is 1.26 bits per heavy atom. The summed E-state index contributed by atoms with van der Waals surface area (Å²) < 4.78 is 0. The van der Waals surface area contributed by atoms with Crippen LogP contribution in [0.1, 0.15) is 62.5 Å².